The number of hydrogen-bond acceptors (Lipinski definition) is 3. The highest BCUT2D eigenvalue weighted by atomic mass is 19.4. The van der Waals surface area contributed by atoms with Gasteiger partial charge in [-0.2, -0.15) is 39.5 Å². The molecule has 0 aliphatic carbocycles. The maximum Gasteiger partial charge on any atom is 0.416 e. The second kappa shape index (κ2) is 10.4. The average Bonchev–Trinajstić information content (AvgIpc) is 2.84. The van der Waals surface area contributed by atoms with Crippen molar-refractivity contribution < 1.29 is 55.9 Å². The molecular weight excluding hydrogens is 519 g/mol. The van der Waals surface area contributed by atoms with E-state index in [-0.39, 0.29) is 23.9 Å². The van der Waals surface area contributed by atoms with Crippen LogP contribution in [0.4, 0.5) is 50.0 Å². The second-order valence-corrected chi connectivity index (χ2v) is 8.08. The fraction of sp³-hybridized carbons (Fsp3) is 0.458. The van der Waals surface area contributed by atoms with Crippen LogP contribution in [0.15, 0.2) is 36.4 Å². The van der Waals surface area contributed by atoms with Gasteiger partial charge in [-0.25, -0.2) is 4.79 Å². The predicted octanol–water partition coefficient (Wildman–Crippen LogP) is 7.72. The van der Waals surface area contributed by atoms with E-state index in [0.717, 1.165) is 6.07 Å². The predicted molar refractivity (Wildman–Crippen MR) is 116 cm³/mol. The van der Waals surface area contributed by atoms with Crippen LogP contribution >= 0.6 is 0 Å². The van der Waals surface area contributed by atoms with E-state index < -0.39 is 85.2 Å². The standard InChI is InChI=1S/C24H23F9N2O2/c1-3-17-11-19(34-12-13-7-15(23(28,29)30)9-16(8-13)24(31,32)33)18-10-14(22(25,26)27)5-6-20(18)35(17)21(36)37-4-2/h5-10,17,19,34H,3-4,11-12H2,1-2H3/i1D3,3D2. The molecule has 2 aromatic rings. The highest BCUT2D eigenvalue weighted by molar-refractivity contribution is 5.90. The average molecular weight is 547 g/mol. The van der Waals surface area contributed by atoms with Gasteiger partial charge in [0.1, 0.15) is 0 Å². The van der Waals surface area contributed by atoms with Gasteiger partial charge in [0.05, 0.1) is 29.0 Å². The minimum Gasteiger partial charge on any atom is -0.449 e. The van der Waals surface area contributed by atoms with Crippen molar-refractivity contribution in [1.29, 1.82) is 0 Å². The van der Waals surface area contributed by atoms with Crippen LogP contribution in [0.2, 0.25) is 0 Å². The van der Waals surface area contributed by atoms with Crippen LogP contribution in [0.3, 0.4) is 0 Å². The minimum atomic E-state index is -5.17. The van der Waals surface area contributed by atoms with E-state index in [1.807, 2.05) is 0 Å². The zero-order valence-electron chi connectivity index (χ0n) is 23.9. The molecule has 1 amide bonds. The van der Waals surface area contributed by atoms with Gasteiger partial charge in [0, 0.05) is 25.5 Å². The number of halogens is 9. The van der Waals surface area contributed by atoms with Crippen molar-refractivity contribution in [3.8, 4) is 0 Å². The zero-order valence-corrected chi connectivity index (χ0v) is 18.9. The Kier molecular flexibility index (Phi) is 6.22. The van der Waals surface area contributed by atoms with E-state index in [0.29, 0.717) is 29.2 Å². The van der Waals surface area contributed by atoms with Crippen LogP contribution in [0, 0.1) is 0 Å². The van der Waals surface area contributed by atoms with Crippen LogP contribution in [-0.4, -0.2) is 18.7 Å². The normalized spacial score (nSPS) is 21.2. The fourth-order valence-corrected chi connectivity index (χ4v) is 3.95. The second-order valence-electron chi connectivity index (χ2n) is 8.08. The Balaban J connectivity index is 2.17. The molecule has 1 aliphatic rings. The van der Waals surface area contributed by atoms with Gasteiger partial charge in [-0.1, -0.05) is 6.85 Å². The first kappa shape index (κ1) is 22.1. The molecule has 3 rings (SSSR count). The first-order valence-corrected chi connectivity index (χ1v) is 10.7. The quantitative estimate of drug-likeness (QED) is 0.390. The van der Waals surface area contributed by atoms with Gasteiger partial charge in [-0.3, -0.25) is 4.90 Å². The zero-order chi connectivity index (χ0) is 32.1. The Hall–Kier alpha value is -2.96. The van der Waals surface area contributed by atoms with Gasteiger partial charge in [-0.15, -0.1) is 0 Å². The number of nitrogens with one attached hydrogen (secondary N) is 1. The number of benzene rings is 2. The largest absolute Gasteiger partial charge is 0.449 e. The Labute approximate surface area is 213 Å². The highest BCUT2D eigenvalue weighted by Gasteiger charge is 2.40. The molecule has 0 bridgehead atoms. The molecule has 2 unspecified atom stereocenters. The molecule has 4 nitrogen and oxygen atoms in total. The van der Waals surface area contributed by atoms with Crippen molar-refractivity contribution in [1.82, 2.24) is 5.32 Å². The fourth-order valence-electron chi connectivity index (χ4n) is 3.95. The van der Waals surface area contributed by atoms with Crippen LogP contribution in [-0.2, 0) is 29.8 Å². The molecule has 13 heteroatoms. The van der Waals surface area contributed by atoms with E-state index >= 15 is 0 Å². The number of alkyl halides is 9. The van der Waals surface area contributed by atoms with Crippen molar-refractivity contribution in [2.75, 3.05) is 11.5 Å². The highest BCUT2D eigenvalue weighted by Crippen LogP contribution is 2.42. The van der Waals surface area contributed by atoms with Crippen molar-refractivity contribution >= 4 is 11.8 Å². The van der Waals surface area contributed by atoms with Gasteiger partial charge >= 0.3 is 24.6 Å². The molecule has 2 aromatic carbocycles. The lowest BCUT2D eigenvalue weighted by Crippen LogP contribution is -2.47. The summed E-state index contributed by atoms with van der Waals surface area (Å²) in [7, 11) is 0. The van der Waals surface area contributed by atoms with Crippen molar-refractivity contribution in [2.45, 2.75) is 63.7 Å². The summed E-state index contributed by atoms with van der Waals surface area (Å²) in [6.45, 7) is -3.06. The Morgan fingerprint density at radius 1 is 1.00 bits per heavy atom. The molecular formula is C24H23F9N2O2. The molecule has 2 atom stereocenters. The van der Waals surface area contributed by atoms with E-state index in [2.05, 4.69) is 5.32 Å². The molecule has 37 heavy (non-hydrogen) atoms. The molecule has 0 fully saturated rings. The Morgan fingerprint density at radius 2 is 1.59 bits per heavy atom. The van der Waals surface area contributed by atoms with E-state index in [4.69, 9.17) is 11.6 Å². The van der Waals surface area contributed by atoms with Crippen molar-refractivity contribution in [3.05, 3.63) is 64.2 Å². The van der Waals surface area contributed by atoms with Gasteiger partial charge in [0.25, 0.3) is 0 Å². The number of carbonyl (C=O) groups excluding carboxylic acids is 1. The number of hydrogen-bond donors (Lipinski definition) is 1. The first-order valence-electron chi connectivity index (χ1n) is 13.2. The molecule has 204 valence electrons. The molecule has 0 saturated carbocycles. The Bertz CT molecular complexity index is 1280. The third-order valence-corrected chi connectivity index (χ3v) is 5.59. The number of carbonyl (C=O) groups is 1. The minimum absolute atomic E-state index is 0.104. The summed E-state index contributed by atoms with van der Waals surface area (Å²) in [5.41, 5.74) is -5.78. The van der Waals surface area contributed by atoms with Crippen molar-refractivity contribution in [2.24, 2.45) is 0 Å². The molecule has 0 aromatic heterocycles. The maximum atomic E-state index is 13.6. The molecule has 0 radical (unpaired) electrons. The number of nitrogens with zero attached hydrogens (tertiary/aromatic N) is 1. The molecule has 1 N–H and O–H groups in total. The SMILES string of the molecule is [2H]C([2H])([2H])C([2H])([2H])C1CC(NCc2cc(C(F)(F)F)cc(C(F)(F)F)c2)c2cc(C(F)(F)F)ccc2N1C(=O)OCC. The van der Waals surface area contributed by atoms with Gasteiger partial charge < -0.3 is 10.1 Å². The lowest BCUT2D eigenvalue weighted by Gasteiger charge is -2.40. The molecule has 0 spiro atoms. The summed E-state index contributed by atoms with van der Waals surface area (Å²) in [6.07, 6.45) is -20.5. The first-order chi connectivity index (χ1) is 19.0. The van der Waals surface area contributed by atoms with Crippen LogP contribution < -0.4 is 10.2 Å². The molecule has 1 heterocycles. The monoisotopic (exact) mass is 547 g/mol. The third kappa shape index (κ3) is 6.49. The van der Waals surface area contributed by atoms with Crippen LogP contribution in [0.25, 0.3) is 0 Å². The molecule has 0 saturated heterocycles. The number of ether oxygens (including phenoxy) is 1. The number of amides is 1. The number of anilines is 1. The summed E-state index contributed by atoms with van der Waals surface area (Å²) in [5.74, 6) is 0. The lowest BCUT2D eigenvalue weighted by molar-refractivity contribution is -0.143. The van der Waals surface area contributed by atoms with Crippen molar-refractivity contribution in [3.63, 3.8) is 0 Å². The summed E-state index contributed by atoms with van der Waals surface area (Å²) >= 11 is 0. The van der Waals surface area contributed by atoms with Gasteiger partial charge in [0.15, 0.2) is 0 Å². The number of rotatable bonds is 5. The Morgan fingerprint density at radius 3 is 2.11 bits per heavy atom. The van der Waals surface area contributed by atoms with Crippen LogP contribution in [0.5, 0.6) is 0 Å². The van der Waals surface area contributed by atoms with E-state index in [1.165, 1.54) is 6.92 Å². The summed E-state index contributed by atoms with van der Waals surface area (Å²) in [6, 6.07) is -0.738. The third-order valence-electron chi connectivity index (χ3n) is 5.59. The van der Waals surface area contributed by atoms with E-state index in [9.17, 15) is 44.3 Å². The lowest BCUT2D eigenvalue weighted by atomic mass is 9.88. The summed E-state index contributed by atoms with van der Waals surface area (Å²) in [5, 5.41) is 2.54. The molecule has 1 aliphatic heterocycles. The number of fused-ring (bicyclic) bond motifs is 1. The van der Waals surface area contributed by atoms with Gasteiger partial charge in [-0.05, 0) is 67.2 Å². The topological polar surface area (TPSA) is 41.6 Å². The summed E-state index contributed by atoms with van der Waals surface area (Å²) in [4.78, 5) is 13.4. The summed E-state index contributed by atoms with van der Waals surface area (Å²) < 4.78 is 165. The van der Waals surface area contributed by atoms with Gasteiger partial charge in [0.2, 0.25) is 0 Å². The van der Waals surface area contributed by atoms with E-state index in [1.54, 1.807) is 0 Å². The van der Waals surface area contributed by atoms with Crippen LogP contribution in [0.1, 0.15) is 67.3 Å². The smallest absolute Gasteiger partial charge is 0.416 e. The maximum absolute atomic E-state index is 13.6.